The van der Waals surface area contributed by atoms with Crippen LogP contribution in [0.15, 0.2) is 48.7 Å². The van der Waals surface area contributed by atoms with E-state index < -0.39 is 0 Å². The molecule has 24 heavy (non-hydrogen) atoms. The van der Waals surface area contributed by atoms with E-state index in [4.69, 9.17) is 0 Å². The lowest BCUT2D eigenvalue weighted by Gasteiger charge is -2.25. The molecule has 2 heterocycles. The summed E-state index contributed by atoms with van der Waals surface area (Å²) in [6, 6.07) is 12.6. The van der Waals surface area contributed by atoms with Crippen molar-refractivity contribution in [2.45, 2.75) is 38.4 Å². The van der Waals surface area contributed by atoms with Crippen LogP contribution in [0.4, 0.5) is 4.39 Å². The Hall–Kier alpha value is -2.27. The van der Waals surface area contributed by atoms with Gasteiger partial charge >= 0.3 is 0 Å². The third-order valence-electron chi connectivity index (χ3n) is 4.38. The Bertz CT molecular complexity index is 677. The Balaban J connectivity index is 1.50. The zero-order valence-corrected chi connectivity index (χ0v) is 13.6. The van der Waals surface area contributed by atoms with E-state index in [1.807, 2.05) is 29.2 Å². The standard InChI is InChI=1S/C19H22FN3O/c20-16-5-3-4-15(12-16)14-23-18(7-8-19(23)24)9-11-21-13-17-6-1-2-10-22-17/h1-6,10,12,18,21H,7-9,11,13-14H2. The van der Waals surface area contributed by atoms with Crippen molar-refractivity contribution in [3.8, 4) is 0 Å². The summed E-state index contributed by atoms with van der Waals surface area (Å²) >= 11 is 0. The molecule has 1 fully saturated rings. The minimum Gasteiger partial charge on any atom is -0.335 e. The highest BCUT2D eigenvalue weighted by molar-refractivity contribution is 5.78. The molecule has 0 radical (unpaired) electrons. The van der Waals surface area contributed by atoms with E-state index in [1.54, 1.807) is 12.3 Å². The Kier molecular flexibility index (Phi) is 5.54. The summed E-state index contributed by atoms with van der Waals surface area (Å²) in [7, 11) is 0. The predicted octanol–water partition coefficient (Wildman–Crippen LogP) is 2.89. The van der Waals surface area contributed by atoms with Gasteiger partial charge in [0.1, 0.15) is 5.82 Å². The number of pyridine rings is 1. The van der Waals surface area contributed by atoms with E-state index in [0.717, 1.165) is 37.2 Å². The number of carbonyl (C=O) groups excluding carboxylic acids is 1. The van der Waals surface area contributed by atoms with Crippen LogP contribution >= 0.6 is 0 Å². The second-order valence-corrected chi connectivity index (χ2v) is 6.13. The minimum atomic E-state index is -0.257. The van der Waals surface area contributed by atoms with Crippen molar-refractivity contribution >= 4 is 5.91 Å². The molecule has 5 heteroatoms. The van der Waals surface area contributed by atoms with E-state index in [1.165, 1.54) is 12.1 Å². The SMILES string of the molecule is O=C1CCC(CCNCc2ccccn2)N1Cc1cccc(F)c1. The molecule has 1 atom stereocenters. The summed E-state index contributed by atoms with van der Waals surface area (Å²) < 4.78 is 13.3. The summed E-state index contributed by atoms with van der Waals surface area (Å²) in [5.41, 5.74) is 1.85. The molecule has 1 unspecified atom stereocenters. The van der Waals surface area contributed by atoms with E-state index in [-0.39, 0.29) is 17.8 Å². The summed E-state index contributed by atoms with van der Waals surface area (Å²) in [5, 5.41) is 3.38. The molecule has 1 aliphatic rings. The molecule has 1 N–H and O–H groups in total. The van der Waals surface area contributed by atoms with Crippen LogP contribution in [0, 0.1) is 5.82 Å². The molecule has 0 bridgehead atoms. The van der Waals surface area contributed by atoms with E-state index >= 15 is 0 Å². The van der Waals surface area contributed by atoms with Crippen molar-refractivity contribution in [3.05, 3.63) is 65.7 Å². The number of likely N-dealkylation sites (tertiary alicyclic amines) is 1. The fourth-order valence-corrected chi connectivity index (χ4v) is 3.13. The molecule has 1 aromatic heterocycles. The van der Waals surface area contributed by atoms with Crippen molar-refractivity contribution in [1.29, 1.82) is 0 Å². The number of nitrogens with one attached hydrogen (secondary N) is 1. The number of halogens is 1. The van der Waals surface area contributed by atoms with Crippen LogP contribution in [0.25, 0.3) is 0 Å². The molecule has 4 nitrogen and oxygen atoms in total. The van der Waals surface area contributed by atoms with Gasteiger partial charge in [0.2, 0.25) is 5.91 Å². The zero-order chi connectivity index (χ0) is 16.8. The van der Waals surface area contributed by atoms with Gasteiger partial charge in [0, 0.05) is 31.7 Å². The van der Waals surface area contributed by atoms with Crippen LogP contribution in [0.3, 0.4) is 0 Å². The molecule has 1 aliphatic heterocycles. The zero-order valence-electron chi connectivity index (χ0n) is 13.6. The van der Waals surface area contributed by atoms with E-state index in [2.05, 4.69) is 10.3 Å². The van der Waals surface area contributed by atoms with Crippen LogP contribution < -0.4 is 5.32 Å². The molecule has 1 aromatic carbocycles. The molecular weight excluding hydrogens is 305 g/mol. The highest BCUT2D eigenvalue weighted by Crippen LogP contribution is 2.23. The molecule has 1 amide bonds. The maximum absolute atomic E-state index is 13.3. The van der Waals surface area contributed by atoms with Crippen LogP contribution in [-0.2, 0) is 17.9 Å². The molecule has 3 rings (SSSR count). The summed E-state index contributed by atoms with van der Waals surface area (Å²) in [4.78, 5) is 18.3. The third kappa shape index (κ3) is 4.38. The monoisotopic (exact) mass is 327 g/mol. The Morgan fingerprint density at radius 2 is 2.17 bits per heavy atom. The first-order chi connectivity index (χ1) is 11.7. The number of amides is 1. The fraction of sp³-hybridized carbons (Fsp3) is 0.368. The maximum atomic E-state index is 13.3. The number of rotatable bonds is 7. The first kappa shape index (κ1) is 16.6. The van der Waals surface area contributed by atoms with Gasteiger partial charge in [0.25, 0.3) is 0 Å². The summed E-state index contributed by atoms with van der Waals surface area (Å²) in [5.74, 6) is -0.0956. The smallest absolute Gasteiger partial charge is 0.223 e. The molecule has 126 valence electrons. The Morgan fingerprint density at radius 3 is 2.96 bits per heavy atom. The molecule has 1 saturated heterocycles. The van der Waals surface area contributed by atoms with Crippen molar-refractivity contribution in [2.24, 2.45) is 0 Å². The van der Waals surface area contributed by atoms with Crippen molar-refractivity contribution in [2.75, 3.05) is 6.54 Å². The summed E-state index contributed by atoms with van der Waals surface area (Å²) in [6.45, 7) is 2.04. The predicted molar refractivity (Wildman–Crippen MR) is 90.5 cm³/mol. The molecule has 0 aliphatic carbocycles. The van der Waals surface area contributed by atoms with Gasteiger partial charge < -0.3 is 10.2 Å². The van der Waals surface area contributed by atoms with Gasteiger partial charge in [-0.1, -0.05) is 18.2 Å². The molecular formula is C19H22FN3O. The molecule has 0 spiro atoms. The highest BCUT2D eigenvalue weighted by Gasteiger charge is 2.30. The van der Waals surface area contributed by atoms with Crippen molar-refractivity contribution in [1.82, 2.24) is 15.2 Å². The number of aromatic nitrogens is 1. The lowest BCUT2D eigenvalue weighted by atomic mass is 10.1. The maximum Gasteiger partial charge on any atom is 0.223 e. The van der Waals surface area contributed by atoms with Crippen molar-refractivity contribution in [3.63, 3.8) is 0 Å². The van der Waals surface area contributed by atoms with Crippen LogP contribution in [0.1, 0.15) is 30.5 Å². The Labute approximate surface area is 141 Å². The highest BCUT2D eigenvalue weighted by atomic mass is 19.1. The van der Waals surface area contributed by atoms with Gasteiger partial charge in [-0.05, 0) is 49.2 Å². The number of nitrogens with zero attached hydrogens (tertiary/aromatic N) is 2. The first-order valence-electron chi connectivity index (χ1n) is 8.37. The average molecular weight is 327 g/mol. The van der Waals surface area contributed by atoms with Gasteiger partial charge in [-0.25, -0.2) is 4.39 Å². The average Bonchev–Trinajstić information content (AvgIpc) is 2.93. The lowest BCUT2D eigenvalue weighted by molar-refractivity contribution is -0.129. The summed E-state index contributed by atoms with van der Waals surface area (Å²) in [6.07, 6.45) is 4.14. The van der Waals surface area contributed by atoms with Crippen LogP contribution in [0.2, 0.25) is 0 Å². The van der Waals surface area contributed by atoms with Gasteiger partial charge in [-0.2, -0.15) is 0 Å². The third-order valence-corrected chi connectivity index (χ3v) is 4.38. The second-order valence-electron chi connectivity index (χ2n) is 6.13. The number of carbonyl (C=O) groups is 1. The minimum absolute atomic E-state index is 0.161. The van der Waals surface area contributed by atoms with E-state index in [0.29, 0.717) is 13.0 Å². The van der Waals surface area contributed by atoms with Crippen molar-refractivity contribution < 1.29 is 9.18 Å². The number of benzene rings is 1. The normalized spacial score (nSPS) is 17.5. The lowest BCUT2D eigenvalue weighted by Crippen LogP contribution is -2.34. The topological polar surface area (TPSA) is 45.2 Å². The molecule has 0 saturated carbocycles. The molecule has 2 aromatic rings. The Morgan fingerprint density at radius 1 is 1.25 bits per heavy atom. The van der Waals surface area contributed by atoms with Crippen LogP contribution in [-0.4, -0.2) is 28.4 Å². The largest absolute Gasteiger partial charge is 0.335 e. The van der Waals surface area contributed by atoms with Gasteiger partial charge in [-0.15, -0.1) is 0 Å². The quantitative estimate of drug-likeness (QED) is 0.795. The van der Waals surface area contributed by atoms with Gasteiger partial charge in [0.15, 0.2) is 0 Å². The second kappa shape index (κ2) is 8.02. The van der Waals surface area contributed by atoms with Gasteiger partial charge in [0.05, 0.1) is 5.69 Å². The number of hydrogen-bond donors (Lipinski definition) is 1. The van der Waals surface area contributed by atoms with Gasteiger partial charge in [-0.3, -0.25) is 9.78 Å². The number of hydrogen-bond acceptors (Lipinski definition) is 3. The first-order valence-corrected chi connectivity index (χ1v) is 8.37. The van der Waals surface area contributed by atoms with Crippen LogP contribution in [0.5, 0.6) is 0 Å². The fourth-order valence-electron chi connectivity index (χ4n) is 3.13. The van der Waals surface area contributed by atoms with E-state index in [9.17, 15) is 9.18 Å².